The number of ether oxygens (including phenoxy) is 1. The van der Waals surface area contributed by atoms with Crippen molar-refractivity contribution in [1.82, 2.24) is 5.32 Å². The molecule has 0 aromatic rings. The van der Waals surface area contributed by atoms with Gasteiger partial charge in [-0.2, -0.15) is 0 Å². The van der Waals surface area contributed by atoms with Crippen molar-refractivity contribution in [2.75, 3.05) is 6.61 Å². The number of rotatable bonds is 57. The van der Waals surface area contributed by atoms with E-state index >= 15 is 0 Å². The van der Waals surface area contributed by atoms with Gasteiger partial charge in [0.25, 0.3) is 0 Å². The molecule has 0 heterocycles. The number of hydrogen-bond acceptors (Lipinski definition) is 5. The quantitative estimate of drug-likeness (QED) is 0.0417. The Morgan fingerprint density at radius 2 is 0.627 bits per heavy atom. The van der Waals surface area contributed by atoms with Crippen LogP contribution in [0.1, 0.15) is 355 Å². The van der Waals surface area contributed by atoms with Crippen LogP contribution in [0.2, 0.25) is 0 Å². The predicted octanol–water partition coefficient (Wildman–Crippen LogP) is 19.1. The topological polar surface area (TPSA) is 95.9 Å². The summed E-state index contributed by atoms with van der Waals surface area (Å²) in [6, 6.07) is -0.694. The van der Waals surface area contributed by atoms with Crippen molar-refractivity contribution in [3.05, 3.63) is 0 Å². The van der Waals surface area contributed by atoms with Gasteiger partial charge in [-0.15, -0.1) is 0 Å². The minimum Gasteiger partial charge on any atom is -0.462 e. The molecule has 0 spiro atoms. The summed E-state index contributed by atoms with van der Waals surface area (Å²) in [5.41, 5.74) is 0. The average Bonchev–Trinajstić information content (AvgIpc) is 3.32. The summed E-state index contributed by atoms with van der Waals surface area (Å²) in [6.45, 7) is 6.55. The number of aliphatic hydroxyl groups excluding tert-OH is 2. The number of nitrogens with one attached hydrogen (secondary N) is 1. The maximum absolute atomic E-state index is 13.3. The molecule has 67 heavy (non-hydrogen) atoms. The van der Waals surface area contributed by atoms with Crippen molar-refractivity contribution in [2.45, 2.75) is 373 Å². The number of carbonyl (C=O) groups is 2. The third kappa shape index (κ3) is 51.0. The Balaban J connectivity index is 4.47. The van der Waals surface area contributed by atoms with Gasteiger partial charge in [0.1, 0.15) is 6.10 Å². The van der Waals surface area contributed by atoms with Crippen LogP contribution in [-0.2, 0) is 14.3 Å². The Kier molecular flexibility index (Phi) is 54.8. The van der Waals surface area contributed by atoms with Crippen LogP contribution < -0.4 is 5.32 Å². The van der Waals surface area contributed by atoms with Crippen molar-refractivity contribution in [2.24, 2.45) is 0 Å². The van der Waals surface area contributed by atoms with Crippen molar-refractivity contribution >= 4 is 11.9 Å². The molecular weight excluding hydrogens is 827 g/mol. The minimum atomic E-state index is -0.781. The second-order valence-electron chi connectivity index (χ2n) is 21.5. The van der Waals surface area contributed by atoms with Crippen LogP contribution in [0.5, 0.6) is 0 Å². The molecule has 0 aliphatic heterocycles. The molecule has 6 heteroatoms. The number of esters is 1. The van der Waals surface area contributed by atoms with Gasteiger partial charge in [-0.3, -0.25) is 9.59 Å². The van der Waals surface area contributed by atoms with Gasteiger partial charge in [0.2, 0.25) is 5.91 Å². The first kappa shape index (κ1) is 65.9. The summed E-state index contributed by atoms with van der Waals surface area (Å²) in [7, 11) is 0. The van der Waals surface area contributed by atoms with Gasteiger partial charge in [0.05, 0.1) is 25.2 Å². The first-order valence-corrected chi connectivity index (χ1v) is 30.8. The molecule has 3 atom stereocenters. The van der Waals surface area contributed by atoms with Crippen molar-refractivity contribution in [1.29, 1.82) is 0 Å². The van der Waals surface area contributed by atoms with E-state index in [9.17, 15) is 19.8 Å². The molecule has 0 aromatic heterocycles. The lowest BCUT2D eigenvalue weighted by molar-refractivity contribution is -0.151. The molecule has 3 N–H and O–H groups in total. The number of aliphatic hydroxyl groups is 2. The van der Waals surface area contributed by atoms with Crippen LogP contribution in [-0.4, -0.2) is 46.9 Å². The lowest BCUT2D eigenvalue weighted by atomic mass is 10.0. The maximum atomic E-state index is 13.3. The molecule has 6 nitrogen and oxygen atoms in total. The summed E-state index contributed by atoms with van der Waals surface area (Å²) in [6.07, 6.45) is 63.2. The molecule has 0 aliphatic carbocycles. The lowest BCUT2D eigenvalue weighted by Crippen LogP contribution is -2.46. The number of amides is 1. The number of hydrogen-bond donors (Lipinski definition) is 3. The van der Waals surface area contributed by atoms with Gasteiger partial charge in [-0.1, -0.05) is 316 Å². The van der Waals surface area contributed by atoms with E-state index in [1.54, 1.807) is 0 Å². The van der Waals surface area contributed by atoms with E-state index < -0.39 is 18.2 Å². The average molecular weight is 949 g/mol. The summed E-state index contributed by atoms with van der Waals surface area (Å²) in [5, 5.41) is 24.0. The Bertz CT molecular complexity index is 975. The molecular formula is C61H121NO5. The summed E-state index contributed by atoms with van der Waals surface area (Å²) >= 11 is 0. The van der Waals surface area contributed by atoms with E-state index in [1.807, 2.05) is 0 Å². The van der Waals surface area contributed by atoms with Crippen molar-refractivity contribution in [3.8, 4) is 0 Å². The molecule has 0 radical (unpaired) electrons. The molecule has 0 bridgehead atoms. The zero-order chi connectivity index (χ0) is 48.8. The standard InChI is InChI=1S/C61H121NO5/c1-4-7-10-13-16-19-22-25-28-31-34-37-40-43-46-49-52-57(67-61(66)54-51-48-45-42-39-36-33-30-27-24-21-18-15-12-9-6-3)55-60(65)62-58(56-63)59(64)53-50-47-44-41-38-35-32-29-26-23-20-17-14-11-8-5-2/h57-59,63-64H,4-56H2,1-3H3,(H,62,65). The van der Waals surface area contributed by atoms with E-state index in [1.165, 1.54) is 270 Å². The van der Waals surface area contributed by atoms with Crippen LogP contribution >= 0.6 is 0 Å². The zero-order valence-electron chi connectivity index (χ0n) is 45.8. The predicted molar refractivity (Wildman–Crippen MR) is 292 cm³/mol. The van der Waals surface area contributed by atoms with Gasteiger partial charge in [-0.25, -0.2) is 0 Å². The van der Waals surface area contributed by atoms with Crippen LogP contribution in [0, 0.1) is 0 Å². The number of carbonyl (C=O) groups excluding carboxylic acids is 2. The van der Waals surface area contributed by atoms with Gasteiger partial charge >= 0.3 is 5.97 Å². The van der Waals surface area contributed by atoms with Gasteiger partial charge in [0.15, 0.2) is 0 Å². The Hall–Kier alpha value is -1.14. The lowest BCUT2D eigenvalue weighted by Gasteiger charge is -2.24. The van der Waals surface area contributed by atoms with E-state index in [0.717, 1.165) is 38.5 Å². The van der Waals surface area contributed by atoms with Gasteiger partial charge in [0, 0.05) is 6.42 Å². The molecule has 0 aliphatic rings. The Labute approximate surface area is 419 Å². The summed E-state index contributed by atoms with van der Waals surface area (Å²) in [5.74, 6) is -0.441. The van der Waals surface area contributed by atoms with E-state index in [4.69, 9.17) is 4.74 Å². The van der Waals surface area contributed by atoms with E-state index in [0.29, 0.717) is 19.3 Å². The van der Waals surface area contributed by atoms with Gasteiger partial charge in [-0.05, 0) is 25.7 Å². The third-order valence-corrected chi connectivity index (χ3v) is 14.7. The van der Waals surface area contributed by atoms with Crippen LogP contribution in [0.15, 0.2) is 0 Å². The first-order chi connectivity index (χ1) is 33.0. The van der Waals surface area contributed by atoms with Crippen LogP contribution in [0.3, 0.4) is 0 Å². The summed E-state index contributed by atoms with van der Waals surface area (Å²) in [4.78, 5) is 26.3. The Morgan fingerprint density at radius 3 is 0.910 bits per heavy atom. The molecule has 0 aromatic carbocycles. The largest absolute Gasteiger partial charge is 0.462 e. The number of unbranched alkanes of at least 4 members (excludes halogenated alkanes) is 45. The molecule has 0 fully saturated rings. The highest BCUT2D eigenvalue weighted by Gasteiger charge is 2.24. The summed E-state index contributed by atoms with van der Waals surface area (Å²) < 4.78 is 5.98. The fourth-order valence-electron chi connectivity index (χ4n) is 10.0. The molecule has 0 saturated heterocycles. The van der Waals surface area contributed by atoms with Crippen LogP contribution in [0.25, 0.3) is 0 Å². The Morgan fingerprint density at radius 1 is 0.373 bits per heavy atom. The molecule has 0 saturated carbocycles. The minimum absolute atomic E-state index is 0.0890. The van der Waals surface area contributed by atoms with E-state index in [2.05, 4.69) is 26.1 Å². The monoisotopic (exact) mass is 948 g/mol. The van der Waals surface area contributed by atoms with Crippen LogP contribution in [0.4, 0.5) is 0 Å². The fourth-order valence-corrected chi connectivity index (χ4v) is 10.0. The molecule has 1 amide bonds. The highest BCUT2D eigenvalue weighted by atomic mass is 16.5. The molecule has 3 unspecified atom stereocenters. The van der Waals surface area contributed by atoms with Crippen molar-refractivity contribution < 1.29 is 24.5 Å². The van der Waals surface area contributed by atoms with Gasteiger partial charge < -0.3 is 20.3 Å². The maximum Gasteiger partial charge on any atom is 0.306 e. The normalized spacial score (nSPS) is 13.0. The SMILES string of the molecule is CCCCCCCCCCCCCCCCCCC(=O)OC(CCCCCCCCCCCCCCCCCC)CC(=O)NC(CO)C(O)CCCCCCCCCCCCCCCCCC. The third-order valence-electron chi connectivity index (χ3n) is 14.7. The van der Waals surface area contributed by atoms with Crippen molar-refractivity contribution in [3.63, 3.8) is 0 Å². The van der Waals surface area contributed by atoms with E-state index in [-0.39, 0.29) is 24.9 Å². The second-order valence-corrected chi connectivity index (χ2v) is 21.5. The fraction of sp³-hybridized carbons (Fsp3) is 0.967. The highest BCUT2D eigenvalue weighted by Crippen LogP contribution is 2.20. The highest BCUT2D eigenvalue weighted by molar-refractivity contribution is 5.77. The smallest absolute Gasteiger partial charge is 0.306 e. The first-order valence-electron chi connectivity index (χ1n) is 30.8. The molecule has 400 valence electrons. The molecule has 0 rings (SSSR count). The zero-order valence-corrected chi connectivity index (χ0v) is 45.8. The second kappa shape index (κ2) is 55.8.